The van der Waals surface area contributed by atoms with Crippen LogP contribution in [0.2, 0.25) is 0 Å². The maximum absolute atomic E-state index is 5.70. The van der Waals surface area contributed by atoms with Crippen LogP contribution in [0.5, 0.6) is 0 Å². The van der Waals surface area contributed by atoms with Gasteiger partial charge in [0.1, 0.15) is 0 Å². The van der Waals surface area contributed by atoms with E-state index in [1.807, 2.05) is 24.3 Å². The number of nitrogens with two attached hydrogens (primary N) is 2. The highest BCUT2D eigenvalue weighted by Gasteiger charge is 2.05. The van der Waals surface area contributed by atoms with Crippen LogP contribution in [0.15, 0.2) is 48.5 Å². The van der Waals surface area contributed by atoms with E-state index in [1.54, 1.807) is 0 Å². The molecule has 2 aromatic carbocycles. The average Bonchev–Trinajstić information content (AvgIpc) is 2.43. The minimum atomic E-state index is 0.810. The summed E-state index contributed by atoms with van der Waals surface area (Å²) in [4.78, 5) is 2.39. The summed E-state index contributed by atoms with van der Waals surface area (Å²) in [5.41, 5.74) is 15.6. The van der Waals surface area contributed by atoms with Crippen LogP contribution in [0.25, 0.3) is 0 Å². The van der Waals surface area contributed by atoms with Gasteiger partial charge in [-0.15, -0.1) is 0 Å². The predicted molar refractivity (Wildman–Crippen MR) is 81.5 cm³/mol. The molecule has 0 aromatic heterocycles. The van der Waals surface area contributed by atoms with Gasteiger partial charge in [0.2, 0.25) is 0 Å². The van der Waals surface area contributed by atoms with Crippen molar-refractivity contribution in [1.29, 1.82) is 0 Å². The van der Waals surface area contributed by atoms with Gasteiger partial charge in [-0.25, -0.2) is 0 Å². The van der Waals surface area contributed by atoms with E-state index >= 15 is 0 Å². The lowest BCUT2D eigenvalue weighted by Gasteiger charge is -2.20. The van der Waals surface area contributed by atoms with Crippen LogP contribution < -0.4 is 11.5 Å². The molecule has 4 N–H and O–H groups in total. The van der Waals surface area contributed by atoms with Crippen LogP contribution in [0.1, 0.15) is 18.1 Å². The Labute approximate surface area is 114 Å². The zero-order chi connectivity index (χ0) is 13.7. The van der Waals surface area contributed by atoms with E-state index in [2.05, 4.69) is 36.1 Å². The molecule has 0 unspecified atom stereocenters. The molecule has 0 heterocycles. The molecule has 3 heteroatoms. The highest BCUT2D eigenvalue weighted by Crippen LogP contribution is 2.13. The molecule has 0 radical (unpaired) electrons. The summed E-state index contributed by atoms with van der Waals surface area (Å²) >= 11 is 0. The number of hydrogen-bond donors (Lipinski definition) is 2. The van der Waals surface area contributed by atoms with Gasteiger partial charge in [-0.1, -0.05) is 31.2 Å². The molecule has 2 aromatic rings. The van der Waals surface area contributed by atoms with Crippen LogP contribution in [0.3, 0.4) is 0 Å². The molecule has 19 heavy (non-hydrogen) atoms. The third-order valence-electron chi connectivity index (χ3n) is 3.22. The largest absolute Gasteiger partial charge is 0.399 e. The molecule has 100 valence electrons. The summed E-state index contributed by atoms with van der Waals surface area (Å²) in [5, 5.41) is 0. The first-order valence-corrected chi connectivity index (χ1v) is 6.58. The number of rotatable bonds is 5. The third kappa shape index (κ3) is 4.00. The maximum atomic E-state index is 5.70. The minimum absolute atomic E-state index is 0.810. The Bertz CT molecular complexity index is 455. The van der Waals surface area contributed by atoms with E-state index in [9.17, 15) is 0 Å². The van der Waals surface area contributed by atoms with Crippen molar-refractivity contribution < 1.29 is 0 Å². The van der Waals surface area contributed by atoms with E-state index in [4.69, 9.17) is 11.5 Å². The molecule has 0 aliphatic heterocycles. The Morgan fingerprint density at radius 2 is 1.11 bits per heavy atom. The standard InChI is InChI=1S/C16H21N3/c1-2-19(11-13-3-7-15(17)8-4-13)12-14-5-9-16(18)10-6-14/h3-10H,2,11-12,17-18H2,1H3. The average molecular weight is 255 g/mol. The fourth-order valence-corrected chi connectivity index (χ4v) is 2.04. The zero-order valence-corrected chi connectivity index (χ0v) is 11.3. The van der Waals surface area contributed by atoms with Crippen molar-refractivity contribution in [1.82, 2.24) is 4.90 Å². The first-order chi connectivity index (χ1) is 9.17. The Morgan fingerprint density at radius 1 is 0.737 bits per heavy atom. The first-order valence-electron chi connectivity index (χ1n) is 6.58. The number of anilines is 2. The van der Waals surface area contributed by atoms with E-state index in [0.717, 1.165) is 31.0 Å². The van der Waals surface area contributed by atoms with Crippen molar-refractivity contribution in [3.05, 3.63) is 59.7 Å². The summed E-state index contributed by atoms with van der Waals surface area (Å²) in [6.45, 7) is 5.05. The monoisotopic (exact) mass is 255 g/mol. The molecule has 0 bridgehead atoms. The predicted octanol–water partition coefficient (Wildman–Crippen LogP) is 2.87. The highest BCUT2D eigenvalue weighted by atomic mass is 15.1. The highest BCUT2D eigenvalue weighted by molar-refractivity contribution is 5.40. The van der Waals surface area contributed by atoms with E-state index < -0.39 is 0 Å². The van der Waals surface area contributed by atoms with Crippen molar-refractivity contribution >= 4 is 11.4 Å². The molecule has 0 atom stereocenters. The van der Waals surface area contributed by atoms with E-state index in [1.165, 1.54) is 11.1 Å². The van der Waals surface area contributed by atoms with Crippen LogP contribution in [0.4, 0.5) is 11.4 Å². The second kappa shape index (κ2) is 6.25. The summed E-state index contributed by atoms with van der Waals surface area (Å²) < 4.78 is 0. The number of hydrogen-bond acceptors (Lipinski definition) is 3. The zero-order valence-electron chi connectivity index (χ0n) is 11.3. The minimum Gasteiger partial charge on any atom is -0.399 e. The molecule has 0 spiro atoms. The molecule has 3 nitrogen and oxygen atoms in total. The molecule has 0 aliphatic rings. The van der Waals surface area contributed by atoms with Gasteiger partial charge in [0.25, 0.3) is 0 Å². The van der Waals surface area contributed by atoms with Gasteiger partial charge in [0.15, 0.2) is 0 Å². The van der Waals surface area contributed by atoms with E-state index in [-0.39, 0.29) is 0 Å². The lowest BCUT2D eigenvalue weighted by Crippen LogP contribution is -2.22. The lowest BCUT2D eigenvalue weighted by molar-refractivity contribution is 0.271. The van der Waals surface area contributed by atoms with Gasteiger partial charge < -0.3 is 11.5 Å². The molecule has 0 saturated heterocycles. The van der Waals surface area contributed by atoms with Crippen LogP contribution in [0, 0.1) is 0 Å². The normalized spacial score (nSPS) is 10.8. The second-order valence-corrected chi connectivity index (χ2v) is 4.79. The molecule has 0 fully saturated rings. The Morgan fingerprint density at radius 3 is 1.42 bits per heavy atom. The lowest BCUT2D eigenvalue weighted by atomic mass is 10.1. The summed E-state index contributed by atoms with van der Waals surface area (Å²) in [5.74, 6) is 0. The number of benzene rings is 2. The van der Waals surface area contributed by atoms with Gasteiger partial charge in [0, 0.05) is 24.5 Å². The molecular weight excluding hydrogens is 234 g/mol. The van der Waals surface area contributed by atoms with Gasteiger partial charge >= 0.3 is 0 Å². The topological polar surface area (TPSA) is 55.3 Å². The van der Waals surface area contributed by atoms with Gasteiger partial charge in [-0.05, 0) is 41.9 Å². The summed E-state index contributed by atoms with van der Waals surface area (Å²) in [7, 11) is 0. The fraction of sp³-hybridized carbons (Fsp3) is 0.250. The fourth-order valence-electron chi connectivity index (χ4n) is 2.04. The van der Waals surface area contributed by atoms with Crippen LogP contribution >= 0.6 is 0 Å². The molecule has 0 amide bonds. The smallest absolute Gasteiger partial charge is 0.0314 e. The van der Waals surface area contributed by atoms with Crippen LogP contribution in [-0.4, -0.2) is 11.4 Å². The van der Waals surface area contributed by atoms with E-state index in [0.29, 0.717) is 0 Å². The Kier molecular flexibility index (Phi) is 4.42. The number of nitrogen functional groups attached to an aromatic ring is 2. The Hall–Kier alpha value is -2.00. The summed E-state index contributed by atoms with van der Waals surface area (Å²) in [6, 6.07) is 16.1. The third-order valence-corrected chi connectivity index (χ3v) is 3.22. The molecule has 0 saturated carbocycles. The van der Waals surface area contributed by atoms with Crippen LogP contribution in [-0.2, 0) is 13.1 Å². The van der Waals surface area contributed by atoms with Crippen molar-refractivity contribution in [2.75, 3.05) is 18.0 Å². The van der Waals surface area contributed by atoms with Crippen molar-refractivity contribution in [2.24, 2.45) is 0 Å². The van der Waals surface area contributed by atoms with Crippen molar-refractivity contribution in [2.45, 2.75) is 20.0 Å². The SMILES string of the molecule is CCN(Cc1ccc(N)cc1)Cc1ccc(N)cc1. The maximum Gasteiger partial charge on any atom is 0.0314 e. The van der Waals surface area contributed by atoms with Gasteiger partial charge in [-0.3, -0.25) is 4.90 Å². The molecule has 0 aliphatic carbocycles. The van der Waals surface area contributed by atoms with Crippen molar-refractivity contribution in [3.8, 4) is 0 Å². The molecule has 2 rings (SSSR count). The van der Waals surface area contributed by atoms with Gasteiger partial charge in [-0.2, -0.15) is 0 Å². The first kappa shape index (κ1) is 13.4. The quantitative estimate of drug-likeness (QED) is 0.808. The Balaban J connectivity index is 2.00. The second-order valence-electron chi connectivity index (χ2n) is 4.79. The summed E-state index contributed by atoms with van der Waals surface area (Å²) in [6.07, 6.45) is 0. The number of nitrogens with zero attached hydrogens (tertiary/aromatic N) is 1. The van der Waals surface area contributed by atoms with Gasteiger partial charge in [0.05, 0.1) is 0 Å². The molecular formula is C16H21N3. The van der Waals surface area contributed by atoms with Crippen molar-refractivity contribution in [3.63, 3.8) is 0 Å².